The zero-order chi connectivity index (χ0) is 15.8. The number of benzene rings is 3. The molecular weight excluding hydrogens is 328 g/mol. The van der Waals surface area contributed by atoms with Crippen molar-refractivity contribution in [2.24, 2.45) is 0 Å². The molecular formula is C18H11ClN2OS. The molecule has 0 saturated carbocycles. The number of anilines is 1. The summed E-state index contributed by atoms with van der Waals surface area (Å²) in [4.78, 5) is 16.8. The van der Waals surface area contributed by atoms with Gasteiger partial charge in [-0.15, -0.1) is 0 Å². The summed E-state index contributed by atoms with van der Waals surface area (Å²) in [6.07, 6.45) is 0. The summed E-state index contributed by atoms with van der Waals surface area (Å²) in [6.45, 7) is 0. The Kier molecular flexibility index (Phi) is 3.48. The molecule has 3 nitrogen and oxygen atoms in total. The first-order valence-corrected chi connectivity index (χ1v) is 8.25. The minimum atomic E-state index is -0.212. The van der Waals surface area contributed by atoms with Crippen LogP contribution in [-0.4, -0.2) is 10.9 Å². The van der Waals surface area contributed by atoms with Gasteiger partial charge in [0.05, 0.1) is 10.2 Å². The van der Waals surface area contributed by atoms with E-state index in [9.17, 15) is 4.79 Å². The molecule has 0 aliphatic rings. The van der Waals surface area contributed by atoms with E-state index in [0.717, 1.165) is 21.0 Å². The van der Waals surface area contributed by atoms with Crippen LogP contribution >= 0.6 is 22.9 Å². The second-order valence-electron chi connectivity index (χ2n) is 5.12. The van der Waals surface area contributed by atoms with Crippen LogP contribution < -0.4 is 5.32 Å². The molecule has 112 valence electrons. The van der Waals surface area contributed by atoms with E-state index in [-0.39, 0.29) is 5.91 Å². The molecule has 3 aromatic carbocycles. The fourth-order valence-electron chi connectivity index (χ4n) is 2.51. The van der Waals surface area contributed by atoms with Crippen molar-refractivity contribution in [1.29, 1.82) is 0 Å². The Morgan fingerprint density at radius 2 is 1.91 bits per heavy atom. The summed E-state index contributed by atoms with van der Waals surface area (Å²) in [5, 5.41) is 6.28. The number of halogens is 1. The van der Waals surface area contributed by atoms with Crippen molar-refractivity contribution in [2.75, 3.05) is 5.32 Å². The molecule has 0 fully saturated rings. The summed E-state index contributed by atoms with van der Waals surface area (Å²) in [5.74, 6) is -0.212. The molecule has 5 heteroatoms. The molecule has 1 amide bonds. The van der Waals surface area contributed by atoms with Crippen molar-refractivity contribution >= 4 is 55.0 Å². The lowest BCUT2D eigenvalue weighted by atomic mass is 10.1. The van der Waals surface area contributed by atoms with Crippen LogP contribution in [0.1, 0.15) is 10.4 Å². The SMILES string of the molecule is O=C(Nc1nc2ccc3ccccc3c2s1)c1cccc(Cl)c1. The molecule has 0 aliphatic carbocycles. The standard InChI is InChI=1S/C18H11ClN2OS/c19-13-6-3-5-12(10-13)17(22)21-18-20-15-9-8-11-4-1-2-7-14(11)16(15)23-18/h1-10H,(H,20,21,22). The van der Waals surface area contributed by atoms with Crippen molar-refractivity contribution in [3.8, 4) is 0 Å². The molecule has 1 aromatic heterocycles. The highest BCUT2D eigenvalue weighted by molar-refractivity contribution is 7.23. The van der Waals surface area contributed by atoms with E-state index < -0.39 is 0 Å². The number of hydrogen-bond donors (Lipinski definition) is 1. The highest BCUT2D eigenvalue weighted by Gasteiger charge is 2.11. The molecule has 23 heavy (non-hydrogen) atoms. The maximum Gasteiger partial charge on any atom is 0.257 e. The van der Waals surface area contributed by atoms with Crippen molar-refractivity contribution in [1.82, 2.24) is 4.98 Å². The lowest BCUT2D eigenvalue weighted by Crippen LogP contribution is -2.11. The molecule has 1 heterocycles. The number of nitrogens with zero attached hydrogens (tertiary/aromatic N) is 1. The van der Waals surface area contributed by atoms with Crippen LogP contribution in [0.4, 0.5) is 5.13 Å². The monoisotopic (exact) mass is 338 g/mol. The summed E-state index contributed by atoms with van der Waals surface area (Å²) in [5.41, 5.74) is 1.40. The molecule has 0 aliphatic heterocycles. The summed E-state index contributed by atoms with van der Waals surface area (Å²) >= 11 is 7.41. The highest BCUT2D eigenvalue weighted by Crippen LogP contribution is 2.32. The van der Waals surface area contributed by atoms with Crippen LogP contribution in [0.5, 0.6) is 0 Å². The zero-order valence-corrected chi connectivity index (χ0v) is 13.5. The largest absolute Gasteiger partial charge is 0.298 e. The number of hydrogen-bond acceptors (Lipinski definition) is 3. The average molecular weight is 339 g/mol. The first kappa shape index (κ1) is 14.2. The lowest BCUT2D eigenvalue weighted by molar-refractivity contribution is 0.102. The van der Waals surface area contributed by atoms with Gasteiger partial charge in [-0.25, -0.2) is 4.98 Å². The third-order valence-electron chi connectivity index (χ3n) is 3.59. The molecule has 0 radical (unpaired) electrons. The molecule has 0 spiro atoms. The number of amides is 1. The lowest BCUT2D eigenvalue weighted by Gasteiger charge is -2.01. The molecule has 0 bridgehead atoms. The van der Waals surface area contributed by atoms with Crippen LogP contribution in [0.3, 0.4) is 0 Å². The van der Waals surface area contributed by atoms with E-state index in [1.54, 1.807) is 24.3 Å². The van der Waals surface area contributed by atoms with Gasteiger partial charge in [0.2, 0.25) is 0 Å². The number of carbonyl (C=O) groups excluding carboxylic acids is 1. The fraction of sp³-hybridized carbons (Fsp3) is 0. The van der Waals surface area contributed by atoms with Crippen LogP contribution in [0.2, 0.25) is 5.02 Å². The van der Waals surface area contributed by atoms with Gasteiger partial charge in [0, 0.05) is 16.0 Å². The van der Waals surface area contributed by atoms with E-state index in [0.29, 0.717) is 15.7 Å². The number of nitrogens with one attached hydrogen (secondary N) is 1. The Morgan fingerprint density at radius 3 is 2.78 bits per heavy atom. The van der Waals surface area contributed by atoms with Gasteiger partial charge in [0.1, 0.15) is 0 Å². The maximum atomic E-state index is 12.3. The number of rotatable bonds is 2. The molecule has 0 saturated heterocycles. The molecule has 4 rings (SSSR count). The second-order valence-corrected chi connectivity index (χ2v) is 6.55. The van der Waals surface area contributed by atoms with Crippen molar-refractivity contribution in [2.45, 2.75) is 0 Å². The third kappa shape index (κ3) is 2.67. The predicted octanol–water partition coefficient (Wildman–Crippen LogP) is 5.36. The quantitative estimate of drug-likeness (QED) is 0.535. The van der Waals surface area contributed by atoms with Crippen LogP contribution in [-0.2, 0) is 0 Å². The van der Waals surface area contributed by atoms with Crippen molar-refractivity contribution in [3.63, 3.8) is 0 Å². The van der Waals surface area contributed by atoms with Gasteiger partial charge >= 0.3 is 0 Å². The number of carbonyl (C=O) groups is 1. The Hall–Kier alpha value is -2.43. The Bertz CT molecular complexity index is 1040. The second kappa shape index (κ2) is 5.65. The summed E-state index contributed by atoms with van der Waals surface area (Å²) in [7, 11) is 0. The molecule has 1 N–H and O–H groups in total. The molecule has 0 atom stereocenters. The predicted molar refractivity (Wildman–Crippen MR) is 96.5 cm³/mol. The van der Waals surface area contributed by atoms with Gasteiger partial charge in [0.15, 0.2) is 5.13 Å². The minimum absolute atomic E-state index is 0.212. The van der Waals surface area contributed by atoms with Gasteiger partial charge in [-0.1, -0.05) is 59.3 Å². The molecule has 0 unspecified atom stereocenters. The Labute approximate surface area is 141 Å². The summed E-state index contributed by atoms with van der Waals surface area (Å²) < 4.78 is 1.07. The van der Waals surface area contributed by atoms with Gasteiger partial charge in [-0.2, -0.15) is 0 Å². The topological polar surface area (TPSA) is 42.0 Å². The first-order valence-electron chi connectivity index (χ1n) is 7.06. The highest BCUT2D eigenvalue weighted by atomic mass is 35.5. The van der Waals surface area contributed by atoms with Crippen molar-refractivity contribution < 1.29 is 4.79 Å². The molecule has 4 aromatic rings. The van der Waals surface area contributed by atoms with Crippen LogP contribution in [0.25, 0.3) is 21.0 Å². The van der Waals surface area contributed by atoms with E-state index in [1.165, 1.54) is 11.3 Å². The third-order valence-corrected chi connectivity index (χ3v) is 4.84. The van der Waals surface area contributed by atoms with E-state index in [1.807, 2.05) is 24.3 Å². The smallest absolute Gasteiger partial charge is 0.257 e. The number of thiazole rings is 1. The van der Waals surface area contributed by atoms with Gasteiger partial charge in [0.25, 0.3) is 5.91 Å². The number of aromatic nitrogens is 1. The normalized spacial score (nSPS) is 11.0. The Balaban J connectivity index is 1.72. The summed E-state index contributed by atoms with van der Waals surface area (Å²) in [6, 6.07) is 19.0. The van der Waals surface area contributed by atoms with Gasteiger partial charge in [-0.05, 0) is 29.7 Å². The van der Waals surface area contributed by atoms with E-state index in [2.05, 4.69) is 22.4 Å². The number of fused-ring (bicyclic) bond motifs is 3. The maximum absolute atomic E-state index is 12.3. The van der Waals surface area contributed by atoms with Crippen LogP contribution in [0, 0.1) is 0 Å². The van der Waals surface area contributed by atoms with Gasteiger partial charge < -0.3 is 0 Å². The first-order chi connectivity index (χ1) is 11.2. The van der Waals surface area contributed by atoms with E-state index in [4.69, 9.17) is 11.6 Å². The van der Waals surface area contributed by atoms with Gasteiger partial charge in [-0.3, -0.25) is 10.1 Å². The van der Waals surface area contributed by atoms with E-state index >= 15 is 0 Å². The fourth-order valence-corrected chi connectivity index (χ4v) is 3.69. The zero-order valence-electron chi connectivity index (χ0n) is 11.9. The minimum Gasteiger partial charge on any atom is -0.298 e. The van der Waals surface area contributed by atoms with Crippen LogP contribution in [0.15, 0.2) is 60.7 Å². The van der Waals surface area contributed by atoms with Crippen molar-refractivity contribution in [3.05, 3.63) is 71.2 Å². The Morgan fingerprint density at radius 1 is 1.04 bits per heavy atom. The average Bonchev–Trinajstić information content (AvgIpc) is 2.97.